The highest BCUT2D eigenvalue weighted by atomic mass is 16.5. The first-order valence-corrected chi connectivity index (χ1v) is 11.9. The predicted molar refractivity (Wildman–Crippen MR) is 125 cm³/mol. The van der Waals surface area contributed by atoms with Gasteiger partial charge in [-0.1, -0.05) is 0 Å². The Kier molecular flexibility index (Phi) is 4.24. The standard InChI is InChI=1S/C25H26N6O4/c1-30-11-15(10-28-30)20-18(22-26-5-8-34-22)17-19-16(9-27-21(17)29-20)12-35-25(19)13-24(14-25)3-6-31(7-4-24)23(32)33-2/h5,8-11H,3-4,6-7,12-14H2,1-2H3,(H,27,29). The summed E-state index contributed by atoms with van der Waals surface area (Å²) in [5, 5.41) is 5.38. The van der Waals surface area contributed by atoms with Gasteiger partial charge in [0.25, 0.3) is 0 Å². The number of piperidine rings is 1. The number of aromatic nitrogens is 5. The van der Waals surface area contributed by atoms with Crippen molar-refractivity contribution in [2.24, 2.45) is 12.5 Å². The molecule has 6 heterocycles. The molecule has 1 N–H and O–H groups in total. The SMILES string of the molecule is COC(=O)N1CCC2(CC1)CC1(C2)OCc2cnc3[nH]c(-c4cnn(C)c4)c(-c4ncco4)c3c21. The Morgan fingerprint density at radius 1 is 1.20 bits per heavy atom. The van der Waals surface area contributed by atoms with Crippen LogP contribution in [-0.2, 0) is 28.7 Å². The third-order valence-corrected chi connectivity index (χ3v) is 8.08. The van der Waals surface area contributed by atoms with Crippen molar-refractivity contribution in [2.45, 2.75) is 37.9 Å². The molecule has 1 aliphatic carbocycles. The minimum atomic E-state index is -0.361. The van der Waals surface area contributed by atoms with Gasteiger partial charge in [0.05, 0.1) is 43.0 Å². The molecule has 10 nitrogen and oxygen atoms in total. The molecule has 1 amide bonds. The van der Waals surface area contributed by atoms with Gasteiger partial charge >= 0.3 is 6.09 Å². The molecule has 4 aromatic rings. The fourth-order valence-corrected chi connectivity index (χ4v) is 6.52. The number of hydrogen-bond donors (Lipinski definition) is 1. The maximum atomic E-state index is 12.0. The fourth-order valence-electron chi connectivity index (χ4n) is 6.52. The van der Waals surface area contributed by atoms with Crippen molar-refractivity contribution in [2.75, 3.05) is 20.2 Å². The van der Waals surface area contributed by atoms with E-state index in [0.717, 1.165) is 72.2 Å². The van der Waals surface area contributed by atoms with Gasteiger partial charge < -0.3 is 23.8 Å². The van der Waals surface area contributed by atoms with E-state index in [4.69, 9.17) is 18.9 Å². The number of nitrogens with one attached hydrogen (secondary N) is 1. The van der Waals surface area contributed by atoms with E-state index < -0.39 is 0 Å². The summed E-state index contributed by atoms with van der Waals surface area (Å²) in [6.45, 7) is 1.98. The number of fused-ring (bicyclic) bond motifs is 4. The molecule has 0 radical (unpaired) electrons. The number of carbonyl (C=O) groups is 1. The monoisotopic (exact) mass is 474 g/mol. The third-order valence-electron chi connectivity index (χ3n) is 8.08. The van der Waals surface area contributed by atoms with Gasteiger partial charge in [0, 0.05) is 54.6 Å². The van der Waals surface area contributed by atoms with Crippen molar-refractivity contribution >= 4 is 17.1 Å². The summed E-state index contributed by atoms with van der Waals surface area (Å²) in [5.74, 6) is 0.549. The van der Waals surface area contributed by atoms with Crippen LogP contribution in [0.25, 0.3) is 33.7 Å². The Morgan fingerprint density at radius 2 is 2.03 bits per heavy atom. The van der Waals surface area contributed by atoms with Gasteiger partial charge in [0.2, 0.25) is 5.89 Å². The van der Waals surface area contributed by atoms with Gasteiger partial charge in [0.1, 0.15) is 11.9 Å². The summed E-state index contributed by atoms with van der Waals surface area (Å²) in [6.07, 6.45) is 12.5. The summed E-state index contributed by atoms with van der Waals surface area (Å²) >= 11 is 0. The molecule has 1 saturated carbocycles. The Morgan fingerprint density at radius 3 is 2.71 bits per heavy atom. The number of methoxy groups -OCH3 is 1. The van der Waals surface area contributed by atoms with Crippen LogP contribution in [0, 0.1) is 5.41 Å². The zero-order valence-electron chi connectivity index (χ0n) is 19.7. The molecule has 2 aliphatic heterocycles. The van der Waals surface area contributed by atoms with Crippen LogP contribution in [0.1, 0.15) is 36.8 Å². The van der Waals surface area contributed by atoms with E-state index in [1.165, 1.54) is 12.7 Å². The number of aromatic amines is 1. The van der Waals surface area contributed by atoms with E-state index in [2.05, 4.69) is 15.1 Å². The van der Waals surface area contributed by atoms with Gasteiger partial charge in [-0.15, -0.1) is 0 Å². The van der Waals surface area contributed by atoms with Crippen molar-refractivity contribution in [1.29, 1.82) is 0 Å². The van der Waals surface area contributed by atoms with Crippen LogP contribution < -0.4 is 0 Å². The molecule has 1 saturated heterocycles. The van der Waals surface area contributed by atoms with Crippen molar-refractivity contribution in [3.63, 3.8) is 0 Å². The first-order chi connectivity index (χ1) is 17.0. The number of likely N-dealkylation sites (tertiary alicyclic amines) is 1. The molecule has 0 bridgehead atoms. The number of rotatable bonds is 2. The number of aryl methyl sites for hydroxylation is 1. The highest BCUT2D eigenvalue weighted by Crippen LogP contribution is 2.65. The molecule has 3 aliphatic rings. The van der Waals surface area contributed by atoms with E-state index in [1.807, 2.05) is 25.6 Å². The van der Waals surface area contributed by atoms with Gasteiger partial charge in [-0.25, -0.2) is 14.8 Å². The Balaban J connectivity index is 1.32. The molecule has 35 heavy (non-hydrogen) atoms. The molecule has 10 heteroatoms. The topological polar surface area (TPSA) is 111 Å². The van der Waals surface area contributed by atoms with Crippen molar-refractivity contribution < 1.29 is 18.7 Å². The summed E-state index contributed by atoms with van der Waals surface area (Å²) in [7, 11) is 3.34. The minimum Gasteiger partial charge on any atom is -0.453 e. The molecule has 0 aromatic carbocycles. The normalized spacial score (nSPS) is 19.9. The second-order valence-electron chi connectivity index (χ2n) is 10.1. The van der Waals surface area contributed by atoms with Gasteiger partial charge in [-0.05, 0) is 31.1 Å². The number of hydrogen-bond acceptors (Lipinski definition) is 7. The molecule has 180 valence electrons. The number of carbonyl (C=O) groups excluding carboxylic acids is 1. The van der Waals surface area contributed by atoms with Gasteiger partial charge in [-0.2, -0.15) is 5.10 Å². The number of nitrogens with zero attached hydrogens (tertiary/aromatic N) is 5. The maximum Gasteiger partial charge on any atom is 0.409 e. The fraction of sp³-hybridized carbons (Fsp3) is 0.440. The van der Waals surface area contributed by atoms with Crippen LogP contribution in [0.5, 0.6) is 0 Å². The minimum absolute atomic E-state index is 0.174. The smallest absolute Gasteiger partial charge is 0.409 e. The average molecular weight is 475 g/mol. The molecule has 4 aromatic heterocycles. The number of H-pyrrole nitrogens is 1. The zero-order valence-corrected chi connectivity index (χ0v) is 19.7. The second kappa shape index (κ2) is 7.17. The van der Waals surface area contributed by atoms with Crippen LogP contribution >= 0.6 is 0 Å². The lowest BCUT2D eigenvalue weighted by atomic mass is 9.53. The summed E-state index contributed by atoms with van der Waals surface area (Å²) in [6, 6.07) is 0. The molecule has 7 rings (SSSR count). The van der Waals surface area contributed by atoms with Crippen LogP contribution in [0.15, 0.2) is 35.5 Å². The van der Waals surface area contributed by atoms with Crippen molar-refractivity contribution in [3.8, 4) is 22.7 Å². The van der Waals surface area contributed by atoms with Gasteiger partial charge in [0.15, 0.2) is 0 Å². The lowest BCUT2D eigenvalue weighted by molar-refractivity contribution is -0.181. The second-order valence-corrected chi connectivity index (χ2v) is 10.1. The van der Waals surface area contributed by atoms with E-state index >= 15 is 0 Å². The third kappa shape index (κ3) is 2.92. The summed E-state index contributed by atoms with van der Waals surface area (Å²) in [4.78, 5) is 26.5. The van der Waals surface area contributed by atoms with E-state index in [9.17, 15) is 4.79 Å². The van der Waals surface area contributed by atoms with E-state index in [1.54, 1.807) is 22.0 Å². The summed E-state index contributed by atoms with van der Waals surface area (Å²) < 4.78 is 19.1. The maximum absolute atomic E-state index is 12.0. The van der Waals surface area contributed by atoms with E-state index in [0.29, 0.717) is 12.5 Å². The number of ether oxygens (including phenoxy) is 2. The van der Waals surface area contributed by atoms with E-state index in [-0.39, 0.29) is 17.1 Å². The van der Waals surface area contributed by atoms with Crippen LogP contribution in [0.4, 0.5) is 4.79 Å². The molecule has 0 unspecified atom stereocenters. The van der Waals surface area contributed by atoms with Crippen LogP contribution in [0.3, 0.4) is 0 Å². The molecule has 2 spiro atoms. The first kappa shape index (κ1) is 20.7. The van der Waals surface area contributed by atoms with Crippen molar-refractivity contribution in [1.82, 2.24) is 29.6 Å². The lowest BCUT2D eigenvalue weighted by Gasteiger charge is -2.57. The molecular formula is C25H26N6O4. The zero-order chi connectivity index (χ0) is 23.8. The summed E-state index contributed by atoms with van der Waals surface area (Å²) in [5.41, 5.74) is 5.65. The van der Waals surface area contributed by atoms with Crippen LogP contribution in [0.2, 0.25) is 0 Å². The molecule has 0 atom stereocenters. The van der Waals surface area contributed by atoms with Crippen LogP contribution in [-0.4, -0.2) is 55.9 Å². The highest BCUT2D eigenvalue weighted by Gasteiger charge is 2.60. The lowest BCUT2D eigenvalue weighted by Crippen LogP contribution is -2.55. The Labute approximate surface area is 201 Å². The quantitative estimate of drug-likeness (QED) is 0.468. The largest absolute Gasteiger partial charge is 0.453 e. The first-order valence-electron chi connectivity index (χ1n) is 11.9. The highest BCUT2D eigenvalue weighted by molar-refractivity contribution is 6.03. The Hall–Kier alpha value is -3.66. The van der Waals surface area contributed by atoms with Gasteiger partial charge in [-0.3, -0.25) is 4.68 Å². The number of pyridine rings is 1. The average Bonchev–Trinajstić information content (AvgIpc) is 3.63. The molecular weight excluding hydrogens is 448 g/mol. The van der Waals surface area contributed by atoms with Crippen molar-refractivity contribution in [3.05, 3.63) is 42.2 Å². The predicted octanol–water partition coefficient (Wildman–Crippen LogP) is 3.99. The Bertz CT molecular complexity index is 1440. The number of amides is 1. The number of oxazole rings is 1. The molecule has 2 fully saturated rings.